The van der Waals surface area contributed by atoms with Gasteiger partial charge in [0, 0.05) is 12.5 Å². The lowest BCUT2D eigenvalue weighted by molar-refractivity contribution is -0.136. The van der Waals surface area contributed by atoms with Crippen molar-refractivity contribution in [3.05, 3.63) is 35.6 Å². The molecule has 136 valence electrons. The zero-order valence-electron chi connectivity index (χ0n) is 14.5. The van der Waals surface area contributed by atoms with E-state index in [0.29, 0.717) is 6.54 Å². The third kappa shape index (κ3) is 4.37. The highest BCUT2D eigenvalue weighted by Crippen LogP contribution is 2.31. The number of hydrogen-bond donors (Lipinski definition) is 1. The van der Waals surface area contributed by atoms with Crippen molar-refractivity contribution in [1.29, 1.82) is 0 Å². The molecule has 2 amide bonds. The average Bonchev–Trinajstić information content (AvgIpc) is 2.63. The van der Waals surface area contributed by atoms with Gasteiger partial charge in [0.05, 0.1) is 12.6 Å². The van der Waals surface area contributed by atoms with Crippen LogP contribution in [0.25, 0.3) is 0 Å². The van der Waals surface area contributed by atoms with E-state index in [9.17, 15) is 14.0 Å². The first-order valence-electron chi connectivity index (χ1n) is 9.11. The summed E-state index contributed by atoms with van der Waals surface area (Å²) < 4.78 is 13.2. The first-order chi connectivity index (χ1) is 12.0. The molecule has 1 atom stereocenters. The predicted molar refractivity (Wildman–Crippen MR) is 93.1 cm³/mol. The van der Waals surface area contributed by atoms with Crippen molar-refractivity contribution in [1.82, 2.24) is 9.80 Å². The van der Waals surface area contributed by atoms with Crippen molar-refractivity contribution in [3.63, 3.8) is 0 Å². The molecule has 1 aromatic carbocycles. The number of benzene rings is 1. The van der Waals surface area contributed by atoms with Crippen molar-refractivity contribution >= 4 is 11.8 Å². The largest absolute Gasteiger partial charge is 0.369 e. The minimum atomic E-state index is -0.255. The Morgan fingerprint density at radius 2 is 1.72 bits per heavy atom. The van der Waals surface area contributed by atoms with Gasteiger partial charge in [-0.3, -0.25) is 14.5 Å². The van der Waals surface area contributed by atoms with E-state index < -0.39 is 0 Å². The standard InChI is InChI=1S/C19H26FN3O2/c20-16-6-4-14(5-7-16)17-3-1-2-10-23(17)18(24)13-22-11-8-15(9-12-22)19(21)25/h4-7,15,17H,1-3,8-13H2,(H2,21,25)/t17-/m1/s1. The van der Waals surface area contributed by atoms with Crippen molar-refractivity contribution in [3.8, 4) is 0 Å². The number of nitrogens with two attached hydrogens (primary N) is 1. The van der Waals surface area contributed by atoms with Crippen LogP contribution in [0.4, 0.5) is 4.39 Å². The molecule has 0 saturated carbocycles. The van der Waals surface area contributed by atoms with E-state index in [1.54, 1.807) is 12.1 Å². The Balaban J connectivity index is 1.61. The maximum absolute atomic E-state index is 13.2. The van der Waals surface area contributed by atoms with Gasteiger partial charge in [-0.1, -0.05) is 12.1 Å². The Bertz CT molecular complexity index is 612. The molecule has 2 aliphatic rings. The minimum Gasteiger partial charge on any atom is -0.369 e. The van der Waals surface area contributed by atoms with Gasteiger partial charge in [0.25, 0.3) is 0 Å². The lowest BCUT2D eigenvalue weighted by atomic mass is 9.94. The molecule has 0 spiro atoms. The second-order valence-electron chi connectivity index (χ2n) is 7.10. The van der Waals surface area contributed by atoms with E-state index in [4.69, 9.17) is 5.73 Å². The third-order valence-corrected chi connectivity index (χ3v) is 5.43. The molecule has 2 saturated heterocycles. The Hall–Kier alpha value is -1.95. The SMILES string of the molecule is NC(=O)C1CCN(CC(=O)N2CCCC[C@@H]2c2ccc(F)cc2)CC1. The van der Waals surface area contributed by atoms with Crippen molar-refractivity contribution < 1.29 is 14.0 Å². The van der Waals surface area contributed by atoms with Crippen LogP contribution in [0.15, 0.2) is 24.3 Å². The second kappa shape index (κ2) is 7.95. The summed E-state index contributed by atoms with van der Waals surface area (Å²) in [6.45, 7) is 2.59. The van der Waals surface area contributed by atoms with E-state index in [2.05, 4.69) is 4.90 Å². The molecule has 0 aliphatic carbocycles. The first kappa shape index (κ1) is 17.9. The van der Waals surface area contributed by atoms with E-state index in [1.807, 2.05) is 4.90 Å². The molecule has 1 aromatic rings. The van der Waals surface area contributed by atoms with Crippen LogP contribution in [0.5, 0.6) is 0 Å². The number of piperidine rings is 2. The maximum Gasteiger partial charge on any atom is 0.237 e. The summed E-state index contributed by atoms with van der Waals surface area (Å²) in [7, 11) is 0. The zero-order valence-corrected chi connectivity index (χ0v) is 14.5. The molecular weight excluding hydrogens is 321 g/mol. The molecule has 5 nitrogen and oxygen atoms in total. The van der Waals surface area contributed by atoms with Gasteiger partial charge in [0.2, 0.25) is 11.8 Å². The fraction of sp³-hybridized carbons (Fsp3) is 0.579. The van der Waals surface area contributed by atoms with E-state index in [1.165, 1.54) is 12.1 Å². The van der Waals surface area contributed by atoms with Crippen molar-refractivity contribution in [2.75, 3.05) is 26.2 Å². The summed E-state index contributed by atoms with van der Waals surface area (Å²) in [6.07, 6.45) is 4.46. The van der Waals surface area contributed by atoms with E-state index in [0.717, 1.165) is 57.3 Å². The molecule has 2 N–H and O–H groups in total. The molecular formula is C19H26FN3O2. The van der Waals surface area contributed by atoms with Gasteiger partial charge < -0.3 is 10.6 Å². The van der Waals surface area contributed by atoms with Crippen LogP contribution in [-0.2, 0) is 9.59 Å². The van der Waals surface area contributed by atoms with Crippen LogP contribution in [-0.4, -0.2) is 47.8 Å². The molecule has 0 bridgehead atoms. The van der Waals surface area contributed by atoms with Gasteiger partial charge in [-0.05, 0) is 62.9 Å². The number of likely N-dealkylation sites (tertiary alicyclic amines) is 2. The minimum absolute atomic E-state index is 0.0324. The van der Waals surface area contributed by atoms with Crippen molar-refractivity contribution in [2.24, 2.45) is 11.7 Å². The van der Waals surface area contributed by atoms with Crippen molar-refractivity contribution in [2.45, 2.75) is 38.1 Å². The lowest BCUT2D eigenvalue weighted by Crippen LogP contribution is -2.47. The first-order valence-corrected chi connectivity index (χ1v) is 9.11. The predicted octanol–water partition coefficient (Wildman–Crippen LogP) is 2.08. The average molecular weight is 347 g/mol. The maximum atomic E-state index is 13.2. The van der Waals surface area contributed by atoms with Crippen LogP contribution in [0.1, 0.15) is 43.7 Å². The quantitative estimate of drug-likeness (QED) is 0.907. The Morgan fingerprint density at radius 3 is 2.36 bits per heavy atom. The summed E-state index contributed by atoms with van der Waals surface area (Å²) in [6, 6.07) is 6.51. The fourth-order valence-corrected chi connectivity index (χ4v) is 3.92. The van der Waals surface area contributed by atoms with E-state index in [-0.39, 0.29) is 29.6 Å². The molecule has 6 heteroatoms. The molecule has 3 rings (SSSR count). The number of hydrogen-bond acceptors (Lipinski definition) is 3. The number of primary amides is 1. The van der Waals surface area contributed by atoms with Crippen LogP contribution in [0, 0.1) is 11.7 Å². The molecule has 2 aliphatic heterocycles. The second-order valence-corrected chi connectivity index (χ2v) is 7.10. The number of carbonyl (C=O) groups excluding carboxylic acids is 2. The zero-order chi connectivity index (χ0) is 17.8. The smallest absolute Gasteiger partial charge is 0.237 e. The summed E-state index contributed by atoms with van der Waals surface area (Å²) in [5.74, 6) is -0.437. The molecule has 0 aromatic heterocycles. The van der Waals surface area contributed by atoms with Gasteiger partial charge in [0.1, 0.15) is 5.82 Å². The van der Waals surface area contributed by atoms with E-state index >= 15 is 0 Å². The number of carbonyl (C=O) groups is 2. The van der Waals surface area contributed by atoms with Crippen LogP contribution in [0.2, 0.25) is 0 Å². The molecule has 25 heavy (non-hydrogen) atoms. The third-order valence-electron chi connectivity index (χ3n) is 5.43. The van der Waals surface area contributed by atoms with Gasteiger partial charge >= 0.3 is 0 Å². The Kier molecular flexibility index (Phi) is 5.68. The monoisotopic (exact) mass is 347 g/mol. The summed E-state index contributed by atoms with van der Waals surface area (Å²) in [4.78, 5) is 28.2. The molecule has 2 heterocycles. The number of halogens is 1. The highest BCUT2D eigenvalue weighted by Gasteiger charge is 2.30. The highest BCUT2D eigenvalue weighted by atomic mass is 19.1. The van der Waals surface area contributed by atoms with Crippen LogP contribution < -0.4 is 5.73 Å². The van der Waals surface area contributed by atoms with Gasteiger partial charge in [0.15, 0.2) is 0 Å². The lowest BCUT2D eigenvalue weighted by Gasteiger charge is -2.38. The van der Waals surface area contributed by atoms with Crippen LogP contribution in [0.3, 0.4) is 0 Å². The highest BCUT2D eigenvalue weighted by molar-refractivity contribution is 5.79. The molecule has 2 fully saturated rings. The number of rotatable bonds is 4. The molecule has 0 radical (unpaired) electrons. The van der Waals surface area contributed by atoms with Gasteiger partial charge in [-0.15, -0.1) is 0 Å². The summed E-state index contributed by atoms with van der Waals surface area (Å²) >= 11 is 0. The summed E-state index contributed by atoms with van der Waals surface area (Å²) in [5.41, 5.74) is 6.37. The number of nitrogens with zero attached hydrogens (tertiary/aromatic N) is 2. The summed E-state index contributed by atoms with van der Waals surface area (Å²) in [5, 5.41) is 0. The molecule has 0 unspecified atom stereocenters. The van der Waals surface area contributed by atoms with Gasteiger partial charge in [-0.2, -0.15) is 0 Å². The number of amides is 2. The Morgan fingerprint density at radius 1 is 1.04 bits per heavy atom. The topological polar surface area (TPSA) is 66.6 Å². The normalized spacial score (nSPS) is 22.8. The van der Waals surface area contributed by atoms with Crippen LogP contribution >= 0.6 is 0 Å². The Labute approximate surface area is 148 Å². The van der Waals surface area contributed by atoms with Gasteiger partial charge in [-0.25, -0.2) is 4.39 Å². The fourth-order valence-electron chi connectivity index (χ4n) is 3.92.